The standard InChI is InChI=1S/C12H18N4O4S/c1-2-3-4-5-10(18)15(7-6-9(13)17)12-14-8-11(21-12)16(19)20/h8H,2-7H2,1H3,(H2,13,17). The number of carbonyl (C=O) groups excluding carboxylic acids is 2. The van der Waals surface area contributed by atoms with Crippen molar-refractivity contribution in [1.82, 2.24) is 4.98 Å². The van der Waals surface area contributed by atoms with Crippen LogP contribution >= 0.6 is 11.3 Å². The van der Waals surface area contributed by atoms with Crippen LogP contribution in [0.3, 0.4) is 0 Å². The number of aromatic nitrogens is 1. The first kappa shape index (κ1) is 17.0. The van der Waals surface area contributed by atoms with Crippen molar-refractivity contribution in [3.05, 3.63) is 16.3 Å². The van der Waals surface area contributed by atoms with E-state index in [1.165, 1.54) is 4.90 Å². The number of nitrogens with two attached hydrogens (primary N) is 1. The SMILES string of the molecule is CCCCCC(=O)N(CCC(N)=O)c1ncc([N+](=O)[O-])s1. The molecule has 9 heteroatoms. The molecule has 0 saturated carbocycles. The Morgan fingerprint density at radius 3 is 2.67 bits per heavy atom. The van der Waals surface area contributed by atoms with E-state index in [9.17, 15) is 19.7 Å². The molecule has 1 heterocycles. The normalized spacial score (nSPS) is 10.3. The summed E-state index contributed by atoms with van der Waals surface area (Å²) in [5.41, 5.74) is 5.09. The third-order valence-electron chi connectivity index (χ3n) is 2.77. The molecule has 0 aromatic carbocycles. The average Bonchev–Trinajstić information content (AvgIpc) is 2.88. The van der Waals surface area contributed by atoms with E-state index < -0.39 is 10.8 Å². The highest BCUT2D eigenvalue weighted by Crippen LogP contribution is 2.29. The second kappa shape index (κ2) is 8.30. The van der Waals surface area contributed by atoms with Crippen LogP contribution in [0.5, 0.6) is 0 Å². The molecular formula is C12H18N4O4S. The third kappa shape index (κ3) is 5.46. The lowest BCUT2D eigenvalue weighted by Gasteiger charge is -2.18. The molecule has 0 aliphatic heterocycles. The van der Waals surface area contributed by atoms with Gasteiger partial charge in [0.25, 0.3) is 0 Å². The number of nitrogens with zero attached hydrogens (tertiary/aromatic N) is 3. The van der Waals surface area contributed by atoms with Gasteiger partial charge in [-0.1, -0.05) is 19.8 Å². The van der Waals surface area contributed by atoms with Gasteiger partial charge in [0.1, 0.15) is 6.20 Å². The molecule has 1 rings (SSSR count). The Morgan fingerprint density at radius 2 is 2.14 bits per heavy atom. The Morgan fingerprint density at radius 1 is 1.43 bits per heavy atom. The molecule has 0 bridgehead atoms. The van der Waals surface area contributed by atoms with Crippen molar-refractivity contribution in [2.45, 2.75) is 39.0 Å². The maximum atomic E-state index is 12.2. The second-order valence-corrected chi connectivity index (χ2v) is 5.44. The summed E-state index contributed by atoms with van der Waals surface area (Å²) in [5.74, 6) is -0.735. The molecule has 1 aromatic rings. The van der Waals surface area contributed by atoms with Crippen LogP contribution in [0.1, 0.15) is 39.0 Å². The maximum absolute atomic E-state index is 12.2. The molecule has 0 aliphatic rings. The van der Waals surface area contributed by atoms with Gasteiger partial charge in [-0.15, -0.1) is 0 Å². The lowest BCUT2D eigenvalue weighted by atomic mass is 10.2. The van der Waals surface area contributed by atoms with Gasteiger partial charge in [0, 0.05) is 19.4 Å². The van der Waals surface area contributed by atoms with Crippen molar-refractivity contribution < 1.29 is 14.5 Å². The number of nitro groups is 1. The molecular weight excluding hydrogens is 296 g/mol. The summed E-state index contributed by atoms with van der Waals surface area (Å²) < 4.78 is 0. The van der Waals surface area contributed by atoms with Gasteiger partial charge in [-0.3, -0.25) is 24.6 Å². The Balaban J connectivity index is 2.81. The Hall–Kier alpha value is -2.03. The largest absolute Gasteiger partial charge is 0.370 e. The van der Waals surface area contributed by atoms with Gasteiger partial charge >= 0.3 is 5.00 Å². The monoisotopic (exact) mass is 314 g/mol. The van der Waals surface area contributed by atoms with Gasteiger partial charge in [-0.25, -0.2) is 4.98 Å². The summed E-state index contributed by atoms with van der Waals surface area (Å²) >= 11 is 0.811. The quantitative estimate of drug-likeness (QED) is 0.423. The molecule has 2 amide bonds. The summed E-state index contributed by atoms with van der Waals surface area (Å²) in [6.45, 7) is 2.12. The molecule has 116 valence electrons. The molecule has 0 unspecified atom stereocenters. The number of hydrogen-bond acceptors (Lipinski definition) is 6. The zero-order valence-electron chi connectivity index (χ0n) is 11.8. The summed E-state index contributed by atoms with van der Waals surface area (Å²) in [5, 5.41) is 10.8. The van der Waals surface area contributed by atoms with Crippen LogP contribution in [0.2, 0.25) is 0 Å². The van der Waals surface area contributed by atoms with Crippen LogP contribution in [-0.4, -0.2) is 28.3 Å². The van der Waals surface area contributed by atoms with Gasteiger partial charge in [0.15, 0.2) is 5.13 Å². The number of unbranched alkanes of at least 4 members (excludes halogenated alkanes) is 2. The van der Waals surface area contributed by atoms with Crippen molar-refractivity contribution in [3.63, 3.8) is 0 Å². The van der Waals surface area contributed by atoms with Crippen molar-refractivity contribution >= 4 is 33.3 Å². The lowest BCUT2D eigenvalue weighted by Crippen LogP contribution is -2.33. The van der Waals surface area contributed by atoms with E-state index in [2.05, 4.69) is 4.98 Å². The topological polar surface area (TPSA) is 119 Å². The number of hydrogen-bond donors (Lipinski definition) is 1. The molecule has 1 aromatic heterocycles. The molecule has 0 spiro atoms. The van der Waals surface area contributed by atoms with Crippen molar-refractivity contribution in [3.8, 4) is 0 Å². The first-order chi connectivity index (χ1) is 9.95. The Bertz CT molecular complexity index is 517. The van der Waals surface area contributed by atoms with E-state index in [4.69, 9.17) is 5.73 Å². The number of thiazole rings is 1. The predicted molar refractivity (Wildman–Crippen MR) is 79.1 cm³/mol. The van der Waals surface area contributed by atoms with Crippen molar-refractivity contribution in [2.24, 2.45) is 5.73 Å². The van der Waals surface area contributed by atoms with Crippen LogP contribution in [0, 0.1) is 10.1 Å². The second-order valence-electron chi connectivity index (χ2n) is 4.46. The van der Waals surface area contributed by atoms with Crippen molar-refractivity contribution in [2.75, 3.05) is 11.4 Å². The minimum Gasteiger partial charge on any atom is -0.370 e. The zero-order chi connectivity index (χ0) is 15.8. The number of carbonyl (C=O) groups is 2. The van der Waals surface area contributed by atoms with Gasteiger partial charge in [0.05, 0.1) is 4.92 Å². The maximum Gasteiger partial charge on any atom is 0.345 e. The Kier molecular flexibility index (Phi) is 6.73. The molecule has 2 N–H and O–H groups in total. The highest BCUT2D eigenvalue weighted by Gasteiger charge is 2.22. The van der Waals surface area contributed by atoms with Crippen LogP contribution < -0.4 is 10.6 Å². The fourth-order valence-corrected chi connectivity index (χ4v) is 2.45. The summed E-state index contributed by atoms with van der Waals surface area (Å²) in [7, 11) is 0. The lowest BCUT2D eigenvalue weighted by molar-refractivity contribution is -0.380. The van der Waals surface area contributed by atoms with Crippen LogP contribution in [0.15, 0.2) is 6.20 Å². The van der Waals surface area contributed by atoms with Crippen LogP contribution in [0.4, 0.5) is 10.1 Å². The van der Waals surface area contributed by atoms with E-state index in [0.29, 0.717) is 6.42 Å². The minimum atomic E-state index is -0.561. The zero-order valence-corrected chi connectivity index (χ0v) is 12.6. The van der Waals surface area contributed by atoms with Crippen molar-refractivity contribution in [1.29, 1.82) is 0 Å². The van der Waals surface area contributed by atoms with Gasteiger partial charge < -0.3 is 5.73 Å². The molecule has 8 nitrogen and oxygen atoms in total. The van der Waals surface area contributed by atoms with Crippen LogP contribution in [0.25, 0.3) is 0 Å². The first-order valence-corrected chi connectivity index (χ1v) is 7.46. The summed E-state index contributed by atoms with van der Waals surface area (Å²) in [6, 6.07) is 0. The summed E-state index contributed by atoms with van der Waals surface area (Å²) in [4.78, 5) is 38.4. The number of primary amides is 1. The average molecular weight is 314 g/mol. The highest BCUT2D eigenvalue weighted by molar-refractivity contribution is 7.18. The predicted octanol–water partition coefficient (Wildman–Crippen LogP) is 1.84. The molecule has 0 radical (unpaired) electrons. The molecule has 0 saturated heterocycles. The highest BCUT2D eigenvalue weighted by atomic mass is 32.1. The fourth-order valence-electron chi connectivity index (χ4n) is 1.68. The van der Waals surface area contributed by atoms with Gasteiger partial charge in [0.2, 0.25) is 11.8 Å². The van der Waals surface area contributed by atoms with Crippen LogP contribution in [-0.2, 0) is 9.59 Å². The van der Waals surface area contributed by atoms with E-state index in [1.807, 2.05) is 6.92 Å². The van der Waals surface area contributed by atoms with Gasteiger partial charge in [-0.05, 0) is 17.8 Å². The van der Waals surface area contributed by atoms with E-state index in [-0.39, 0.29) is 29.0 Å². The van der Waals surface area contributed by atoms with E-state index >= 15 is 0 Å². The van der Waals surface area contributed by atoms with E-state index in [0.717, 1.165) is 36.8 Å². The minimum absolute atomic E-state index is 0.00705. The Labute approximate surface area is 126 Å². The fraction of sp³-hybridized carbons (Fsp3) is 0.583. The molecule has 21 heavy (non-hydrogen) atoms. The molecule has 0 aliphatic carbocycles. The smallest absolute Gasteiger partial charge is 0.345 e. The van der Waals surface area contributed by atoms with E-state index in [1.54, 1.807) is 0 Å². The number of anilines is 1. The van der Waals surface area contributed by atoms with Gasteiger partial charge in [-0.2, -0.15) is 0 Å². The molecule has 0 atom stereocenters. The number of amides is 2. The number of rotatable bonds is 9. The third-order valence-corrected chi connectivity index (χ3v) is 3.74. The first-order valence-electron chi connectivity index (χ1n) is 6.64. The molecule has 0 fully saturated rings. The summed E-state index contributed by atoms with van der Waals surface area (Å²) in [6.07, 6.45) is 4.06.